The molecule has 0 radical (unpaired) electrons. The fraction of sp³-hybridized carbons (Fsp3) is 0.130. The SMILES string of the molecule is O=C(Cc1csc(-c2ccco2)n1)Nc1ccccc1N1CCc2ccccc21. The number of benzene rings is 2. The smallest absolute Gasteiger partial charge is 0.230 e. The number of fused-ring (bicyclic) bond motifs is 1. The van der Waals surface area contributed by atoms with Crippen LogP contribution in [0.15, 0.2) is 76.7 Å². The van der Waals surface area contributed by atoms with E-state index in [-0.39, 0.29) is 12.3 Å². The number of hydrogen-bond acceptors (Lipinski definition) is 5. The number of furan rings is 1. The third-order valence-corrected chi connectivity index (χ3v) is 5.89. The molecule has 0 bridgehead atoms. The topological polar surface area (TPSA) is 58.4 Å². The Labute approximate surface area is 172 Å². The van der Waals surface area contributed by atoms with Gasteiger partial charge in [-0.25, -0.2) is 4.98 Å². The molecule has 0 fully saturated rings. The van der Waals surface area contributed by atoms with Crippen molar-refractivity contribution in [3.63, 3.8) is 0 Å². The predicted molar refractivity (Wildman–Crippen MR) is 116 cm³/mol. The quantitative estimate of drug-likeness (QED) is 0.494. The zero-order chi connectivity index (χ0) is 19.6. The number of carbonyl (C=O) groups excluding carboxylic acids is 1. The number of rotatable bonds is 5. The van der Waals surface area contributed by atoms with Crippen molar-refractivity contribution in [3.05, 3.63) is 83.6 Å². The van der Waals surface area contributed by atoms with E-state index in [9.17, 15) is 4.79 Å². The van der Waals surface area contributed by atoms with E-state index in [1.54, 1.807) is 6.26 Å². The average molecular weight is 401 g/mol. The number of hydrogen-bond donors (Lipinski definition) is 1. The summed E-state index contributed by atoms with van der Waals surface area (Å²) < 4.78 is 5.38. The van der Waals surface area contributed by atoms with Gasteiger partial charge in [-0.3, -0.25) is 4.79 Å². The van der Waals surface area contributed by atoms with Gasteiger partial charge in [0.05, 0.1) is 29.8 Å². The Bertz CT molecular complexity index is 1150. The third-order valence-electron chi connectivity index (χ3n) is 4.98. The number of para-hydroxylation sites is 3. The normalized spacial score (nSPS) is 12.8. The van der Waals surface area contributed by atoms with Crippen LogP contribution in [0.4, 0.5) is 17.1 Å². The molecule has 5 rings (SSSR count). The largest absolute Gasteiger partial charge is 0.462 e. The van der Waals surface area contributed by atoms with Crippen LogP contribution < -0.4 is 10.2 Å². The Hall–Kier alpha value is -3.38. The number of aromatic nitrogens is 1. The zero-order valence-corrected chi connectivity index (χ0v) is 16.5. The number of anilines is 3. The fourth-order valence-electron chi connectivity index (χ4n) is 3.66. The predicted octanol–water partition coefficient (Wildman–Crippen LogP) is 5.28. The van der Waals surface area contributed by atoms with Gasteiger partial charge in [-0.05, 0) is 42.3 Å². The summed E-state index contributed by atoms with van der Waals surface area (Å²) in [7, 11) is 0. The van der Waals surface area contributed by atoms with Gasteiger partial charge in [-0.1, -0.05) is 30.3 Å². The molecule has 0 saturated carbocycles. The zero-order valence-electron chi connectivity index (χ0n) is 15.7. The van der Waals surface area contributed by atoms with Gasteiger partial charge in [0.1, 0.15) is 0 Å². The van der Waals surface area contributed by atoms with Gasteiger partial charge in [0.2, 0.25) is 5.91 Å². The lowest BCUT2D eigenvalue weighted by Crippen LogP contribution is -2.19. The average Bonchev–Trinajstić information content (AvgIpc) is 3.49. The molecule has 2 aromatic heterocycles. The van der Waals surface area contributed by atoms with Crippen LogP contribution in [0.25, 0.3) is 10.8 Å². The van der Waals surface area contributed by atoms with Crippen molar-refractivity contribution in [2.24, 2.45) is 0 Å². The highest BCUT2D eigenvalue weighted by molar-refractivity contribution is 7.13. The Kier molecular flexibility index (Phi) is 4.62. The van der Waals surface area contributed by atoms with Crippen LogP contribution in [0, 0.1) is 0 Å². The first-order chi connectivity index (χ1) is 14.3. The lowest BCUT2D eigenvalue weighted by molar-refractivity contribution is -0.115. The van der Waals surface area contributed by atoms with Gasteiger partial charge >= 0.3 is 0 Å². The van der Waals surface area contributed by atoms with Crippen molar-refractivity contribution in [1.29, 1.82) is 0 Å². The monoisotopic (exact) mass is 401 g/mol. The van der Waals surface area contributed by atoms with E-state index < -0.39 is 0 Å². The minimum atomic E-state index is -0.0822. The van der Waals surface area contributed by atoms with Crippen LogP contribution in [0.1, 0.15) is 11.3 Å². The van der Waals surface area contributed by atoms with Crippen molar-refractivity contribution in [2.45, 2.75) is 12.8 Å². The molecule has 1 amide bonds. The van der Waals surface area contributed by atoms with Crippen LogP contribution >= 0.6 is 11.3 Å². The molecule has 0 saturated heterocycles. The molecule has 4 aromatic rings. The molecule has 1 aliphatic rings. The summed E-state index contributed by atoms with van der Waals surface area (Å²) in [5, 5.41) is 5.76. The van der Waals surface area contributed by atoms with Gasteiger partial charge in [0.15, 0.2) is 10.8 Å². The van der Waals surface area contributed by atoms with E-state index in [0.717, 1.165) is 40.8 Å². The Morgan fingerprint density at radius 2 is 1.90 bits per heavy atom. The van der Waals surface area contributed by atoms with E-state index in [0.29, 0.717) is 0 Å². The molecular formula is C23H19N3O2S. The maximum Gasteiger partial charge on any atom is 0.230 e. The number of thiazole rings is 1. The van der Waals surface area contributed by atoms with Crippen molar-refractivity contribution in [2.75, 3.05) is 16.8 Å². The molecule has 5 nitrogen and oxygen atoms in total. The van der Waals surface area contributed by atoms with Crippen molar-refractivity contribution >= 4 is 34.3 Å². The van der Waals surface area contributed by atoms with Crippen molar-refractivity contribution < 1.29 is 9.21 Å². The van der Waals surface area contributed by atoms with Crippen LogP contribution in [0.2, 0.25) is 0 Å². The number of amides is 1. The van der Waals surface area contributed by atoms with Crippen LogP contribution in [0.3, 0.4) is 0 Å². The molecule has 0 atom stereocenters. The maximum atomic E-state index is 12.7. The summed E-state index contributed by atoms with van der Waals surface area (Å²) in [5.74, 6) is 0.640. The molecule has 1 N–H and O–H groups in total. The molecular weight excluding hydrogens is 382 g/mol. The highest BCUT2D eigenvalue weighted by Gasteiger charge is 2.22. The van der Waals surface area contributed by atoms with Gasteiger partial charge < -0.3 is 14.6 Å². The van der Waals surface area contributed by atoms with E-state index >= 15 is 0 Å². The first-order valence-electron chi connectivity index (χ1n) is 9.50. The summed E-state index contributed by atoms with van der Waals surface area (Å²) in [4.78, 5) is 19.5. The van der Waals surface area contributed by atoms with E-state index in [1.807, 2.05) is 35.7 Å². The minimum Gasteiger partial charge on any atom is -0.462 e. The van der Waals surface area contributed by atoms with Gasteiger partial charge in [-0.15, -0.1) is 11.3 Å². The molecule has 0 aliphatic carbocycles. The first kappa shape index (κ1) is 17.7. The molecule has 0 unspecified atom stereocenters. The second-order valence-corrected chi connectivity index (χ2v) is 7.75. The number of nitrogens with one attached hydrogen (secondary N) is 1. The molecule has 1 aliphatic heterocycles. The number of carbonyl (C=O) groups is 1. The lowest BCUT2D eigenvalue weighted by atomic mass is 10.1. The molecule has 3 heterocycles. The summed E-state index contributed by atoms with van der Waals surface area (Å²) in [6.07, 6.45) is 2.85. The third kappa shape index (κ3) is 3.54. The highest BCUT2D eigenvalue weighted by Crippen LogP contribution is 2.38. The van der Waals surface area contributed by atoms with Gasteiger partial charge in [-0.2, -0.15) is 0 Å². The maximum absolute atomic E-state index is 12.7. The summed E-state index contributed by atoms with van der Waals surface area (Å²) >= 11 is 1.48. The molecule has 2 aromatic carbocycles. The van der Waals surface area contributed by atoms with Crippen molar-refractivity contribution in [3.8, 4) is 10.8 Å². The first-order valence-corrected chi connectivity index (χ1v) is 10.4. The second-order valence-electron chi connectivity index (χ2n) is 6.89. The van der Waals surface area contributed by atoms with E-state index in [2.05, 4.69) is 45.5 Å². The summed E-state index contributed by atoms with van der Waals surface area (Å²) in [6.45, 7) is 0.908. The van der Waals surface area contributed by atoms with Crippen LogP contribution in [-0.2, 0) is 17.6 Å². The van der Waals surface area contributed by atoms with Crippen molar-refractivity contribution in [1.82, 2.24) is 4.98 Å². The number of nitrogens with zero attached hydrogens (tertiary/aromatic N) is 2. The molecule has 29 heavy (non-hydrogen) atoms. The van der Waals surface area contributed by atoms with E-state index in [1.165, 1.54) is 22.6 Å². The lowest BCUT2D eigenvalue weighted by Gasteiger charge is -2.23. The molecule has 6 heteroatoms. The molecule has 144 valence electrons. The van der Waals surface area contributed by atoms with Gasteiger partial charge in [0.25, 0.3) is 0 Å². The standard InChI is InChI=1S/C23H19N3O2S/c27-22(14-17-15-29-23(24-17)21-10-5-13-28-21)25-18-7-2-4-9-20(18)26-12-11-16-6-1-3-8-19(16)26/h1-10,13,15H,11-12,14H2,(H,25,27). The summed E-state index contributed by atoms with van der Waals surface area (Å²) in [5.41, 5.74) is 5.11. The van der Waals surface area contributed by atoms with Crippen LogP contribution in [-0.4, -0.2) is 17.4 Å². The Balaban J connectivity index is 1.33. The fourth-order valence-corrected chi connectivity index (χ4v) is 4.45. The summed E-state index contributed by atoms with van der Waals surface area (Å²) in [6, 6.07) is 20.1. The van der Waals surface area contributed by atoms with Gasteiger partial charge in [0, 0.05) is 17.6 Å². The van der Waals surface area contributed by atoms with E-state index in [4.69, 9.17) is 4.42 Å². The Morgan fingerprint density at radius 1 is 1.07 bits per heavy atom. The van der Waals surface area contributed by atoms with Crippen LogP contribution in [0.5, 0.6) is 0 Å². The highest BCUT2D eigenvalue weighted by atomic mass is 32.1. The molecule has 0 spiro atoms. The minimum absolute atomic E-state index is 0.0822. The Morgan fingerprint density at radius 3 is 2.76 bits per heavy atom. The second kappa shape index (κ2) is 7.56.